The predicted octanol–water partition coefficient (Wildman–Crippen LogP) is 5.51. The summed E-state index contributed by atoms with van der Waals surface area (Å²) in [5.74, 6) is -1.25. The number of allylic oxidation sites excluding steroid dienone is 2. The summed E-state index contributed by atoms with van der Waals surface area (Å²) in [5, 5.41) is 19.0. The van der Waals surface area contributed by atoms with Gasteiger partial charge in [0.15, 0.2) is 0 Å². The van der Waals surface area contributed by atoms with Crippen LogP contribution in [0.3, 0.4) is 0 Å². The Balaban J connectivity index is 1.85. The van der Waals surface area contributed by atoms with Gasteiger partial charge >= 0.3 is 5.97 Å². The lowest BCUT2D eigenvalue weighted by atomic mass is 9.87. The predicted molar refractivity (Wildman–Crippen MR) is 134 cm³/mol. The van der Waals surface area contributed by atoms with Crippen LogP contribution in [0.4, 0.5) is 5.69 Å². The van der Waals surface area contributed by atoms with E-state index in [-0.39, 0.29) is 18.3 Å². The highest BCUT2D eigenvalue weighted by molar-refractivity contribution is 8.03. The van der Waals surface area contributed by atoms with E-state index in [2.05, 4.69) is 23.3 Å². The Morgan fingerprint density at radius 1 is 1.36 bits per heavy atom. The smallest absolute Gasteiger partial charge is 0.337 e. The fourth-order valence-corrected chi connectivity index (χ4v) is 5.23. The molecule has 0 radical (unpaired) electrons. The third-order valence-electron chi connectivity index (χ3n) is 4.92. The number of carbonyl (C=O) groups excluding carboxylic acids is 2. The molecule has 170 valence electrons. The van der Waals surface area contributed by atoms with Gasteiger partial charge in [-0.05, 0) is 43.0 Å². The Morgan fingerprint density at radius 2 is 2.15 bits per heavy atom. The van der Waals surface area contributed by atoms with E-state index in [9.17, 15) is 14.9 Å². The maximum absolute atomic E-state index is 12.8. The number of thiophene rings is 1. The number of amides is 1. The standard InChI is InChI=1S/C24H22ClN3O3S2/c1-4-10-31-24(30)21-15(3)27-23(16(12-26)22(21)19-9-6-11-32-19)33-13-20(29)28-18-8-5-7-17(25)14(18)2/h4-9,11,22,27H,1,10,13H2,2-3H3,(H,28,29)/t22-/m0/s1. The van der Waals surface area contributed by atoms with E-state index < -0.39 is 11.9 Å². The minimum absolute atomic E-state index is 0.0696. The first-order valence-corrected chi connectivity index (χ1v) is 12.2. The van der Waals surface area contributed by atoms with E-state index in [0.717, 1.165) is 10.4 Å². The summed E-state index contributed by atoms with van der Waals surface area (Å²) in [6.45, 7) is 7.23. The Labute approximate surface area is 206 Å². The number of benzene rings is 1. The molecule has 9 heteroatoms. The van der Waals surface area contributed by atoms with Crippen LogP contribution in [-0.2, 0) is 14.3 Å². The second kappa shape index (κ2) is 11.2. The number of hydrogen-bond donors (Lipinski definition) is 2. The van der Waals surface area contributed by atoms with Gasteiger partial charge in [0.05, 0.1) is 33.9 Å². The van der Waals surface area contributed by atoms with Crippen molar-refractivity contribution in [3.8, 4) is 6.07 Å². The largest absolute Gasteiger partial charge is 0.458 e. The molecule has 1 amide bonds. The van der Waals surface area contributed by atoms with Crippen molar-refractivity contribution < 1.29 is 14.3 Å². The van der Waals surface area contributed by atoms with E-state index in [1.807, 2.05) is 24.4 Å². The first kappa shape index (κ1) is 24.6. The summed E-state index contributed by atoms with van der Waals surface area (Å²) in [7, 11) is 0. The van der Waals surface area contributed by atoms with Crippen LogP contribution < -0.4 is 10.6 Å². The summed E-state index contributed by atoms with van der Waals surface area (Å²) >= 11 is 8.79. The van der Waals surface area contributed by atoms with Crippen molar-refractivity contribution in [1.82, 2.24) is 5.32 Å². The van der Waals surface area contributed by atoms with Crippen LogP contribution in [-0.4, -0.2) is 24.2 Å². The molecule has 0 aliphatic carbocycles. The van der Waals surface area contributed by atoms with Gasteiger partial charge in [-0.1, -0.05) is 48.2 Å². The Kier molecular flexibility index (Phi) is 8.39. The van der Waals surface area contributed by atoms with Crippen LogP contribution in [0.15, 0.2) is 70.2 Å². The molecule has 2 N–H and O–H groups in total. The number of anilines is 1. The number of esters is 1. The molecule has 1 aromatic heterocycles. The van der Waals surface area contributed by atoms with Crippen LogP contribution in [0, 0.1) is 18.3 Å². The molecule has 1 aromatic carbocycles. The molecule has 0 fully saturated rings. The van der Waals surface area contributed by atoms with Crippen molar-refractivity contribution >= 4 is 52.3 Å². The first-order valence-electron chi connectivity index (χ1n) is 9.98. The van der Waals surface area contributed by atoms with E-state index in [1.165, 1.54) is 29.2 Å². The molecule has 0 saturated heterocycles. The third-order valence-corrected chi connectivity index (χ3v) is 7.28. The van der Waals surface area contributed by atoms with Gasteiger partial charge < -0.3 is 15.4 Å². The molecule has 1 aliphatic heterocycles. The van der Waals surface area contributed by atoms with Gasteiger partial charge in [0.25, 0.3) is 0 Å². The summed E-state index contributed by atoms with van der Waals surface area (Å²) in [5.41, 5.74) is 2.74. The van der Waals surface area contributed by atoms with Crippen molar-refractivity contribution in [2.75, 3.05) is 17.7 Å². The normalized spacial score (nSPS) is 15.5. The number of nitrogens with zero attached hydrogens (tertiary/aromatic N) is 1. The van der Waals surface area contributed by atoms with E-state index >= 15 is 0 Å². The molecule has 0 spiro atoms. The average molecular weight is 500 g/mol. The highest BCUT2D eigenvalue weighted by Crippen LogP contribution is 2.42. The number of rotatable bonds is 8. The van der Waals surface area contributed by atoms with Crippen molar-refractivity contribution in [3.05, 3.63) is 85.7 Å². The zero-order chi connectivity index (χ0) is 24.0. The molecule has 0 saturated carbocycles. The summed E-state index contributed by atoms with van der Waals surface area (Å²) in [6, 6.07) is 11.3. The van der Waals surface area contributed by atoms with Crippen molar-refractivity contribution in [2.24, 2.45) is 0 Å². The monoisotopic (exact) mass is 499 g/mol. The number of hydrogen-bond acceptors (Lipinski definition) is 7. The molecular formula is C24H22ClN3O3S2. The minimum atomic E-state index is -0.575. The zero-order valence-electron chi connectivity index (χ0n) is 18.1. The number of ether oxygens (including phenoxy) is 1. The minimum Gasteiger partial charge on any atom is -0.458 e. The highest BCUT2D eigenvalue weighted by atomic mass is 35.5. The second-order valence-corrected chi connectivity index (χ2v) is 9.48. The molecule has 2 aromatic rings. The highest BCUT2D eigenvalue weighted by Gasteiger charge is 2.36. The van der Waals surface area contributed by atoms with Gasteiger partial charge in [0.2, 0.25) is 5.91 Å². The summed E-state index contributed by atoms with van der Waals surface area (Å²) in [4.78, 5) is 26.2. The average Bonchev–Trinajstić information content (AvgIpc) is 3.33. The molecule has 0 unspecified atom stereocenters. The quantitative estimate of drug-likeness (QED) is 0.367. The van der Waals surface area contributed by atoms with E-state index in [1.54, 1.807) is 25.1 Å². The van der Waals surface area contributed by atoms with Crippen LogP contribution in [0.5, 0.6) is 0 Å². The van der Waals surface area contributed by atoms with E-state index in [0.29, 0.717) is 32.6 Å². The summed E-state index contributed by atoms with van der Waals surface area (Å²) < 4.78 is 5.28. The Bertz CT molecular complexity index is 1180. The SMILES string of the molecule is C=CCOC(=O)C1=C(C)NC(SCC(=O)Nc2cccc(Cl)c2C)=C(C#N)[C@H]1c1cccs1. The van der Waals surface area contributed by atoms with Crippen LogP contribution in [0.1, 0.15) is 23.3 Å². The maximum Gasteiger partial charge on any atom is 0.337 e. The molecular weight excluding hydrogens is 478 g/mol. The molecule has 2 heterocycles. The molecule has 33 heavy (non-hydrogen) atoms. The van der Waals surface area contributed by atoms with Gasteiger partial charge in [-0.2, -0.15) is 5.26 Å². The number of carbonyl (C=O) groups is 2. The van der Waals surface area contributed by atoms with Crippen LogP contribution in [0.2, 0.25) is 5.02 Å². The van der Waals surface area contributed by atoms with Gasteiger partial charge in [-0.15, -0.1) is 11.3 Å². The van der Waals surface area contributed by atoms with E-state index in [4.69, 9.17) is 16.3 Å². The number of nitriles is 1. The fourth-order valence-electron chi connectivity index (χ4n) is 3.32. The fraction of sp³-hybridized carbons (Fsp3) is 0.208. The third kappa shape index (κ3) is 5.69. The molecule has 6 nitrogen and oxygen atoms in total. The molecule has 0 bridgehead atoms. The van der Waals surface area contributed by atoms with Gasteiger partial charge in [-0.3, -0.25) is 4.79 Å². The van der Waals surface area contributed by atoms with Gasteiger partial charge in [-0.25, -0.2) is 4.79 Å². The number of thioether (sulfide) groups is 1. The van der Waals surface area contributed by atoms with Crippen molar-refractivity contribution in [3.63, 3.8) is 0 Å². The Morgan fingerprint density at radius 3 is 2.82 bits per heavy atom. The Hall–Kier alpha value is -2.99. The number of dihydropyridines is 1. The van der Waals surface area contributed by atoms with Crippen molar-refractivity contribution in [2.45, 2.75) is 19.8 Å². The molecule has 1 atom stereocenters. The topological polar surface area (TPSA) is 91.2 Å². The number of nitrogens with one attached hydrogen (secondary N) is 2. The lowest BCUT2D eigenvalue weighted by Gasteiger charge is -2.28. The van der Waals surface area contributed by atoms with Gasteiger partial charge in [0, 0.05) is 21.3 Å². The van der Waals surface area contributed by atoms with Crippen molar-refractivity contribution in [1.29, 1.82) is 5.26 Å². The molecule has 3 rings (SSSR count). The van der Waals surface area contributed by atoms with Crippen LogP contribution >= 0.6 is 34.7 Å². The van der Waals surface area contributed by atoms with Gasteiger partial charge in [0.1, 0.15) is 6.61 Å². The second-order valence-electron chi connectivity index (χ2n) is 7.10. The molecule has 1 aliphatic rings. The lowest BCUT2D eigenvalue weighted by molar-refractivity contribution is -0.138. The maximum atomic E-state index is 12.8. The lowest BCUT2D eigenvalue weighted by Crippen LogP contribution is -2.29. The van der Waals surface area contributed by atoms with Crippen LogP contribution in [0.25, 0.3) is 0 Å². The number of halogens is 1. The summed E-state index contributed by atoms with van der Waals surface area (Å²) in [6.07, 6.45) is 1.49. The first-order chi connectivity index (χ1) is 15.9. The zero-order valence-corrected chi connectivity index (χ0v) is 20.5.